The molecule has 0 amide bonds. The van der Waals surface area contributed by atoms with Gasteiger partial charge in [0.25, 0.3) is 0 Å². The molecule has 0 aromatic carbocycles. The zero-order valence-corrected chi connectivity index (χ0v) is 12.7. The van der Waals surface area contributed by atoms with E-state index in [4.69, 9.17) is 0 Å². The molecule has 2 aliphatic carbocycles. The quantitative estimate of drug-likeness (QED) is 0.862. The molecule has 5 nitrogen and oxygen atoms in total. The summed E-state index contributed by atoms with van der Waals surface area (Å²) in [4.78, 5) is 29.6. The maximum atomic E-state index is 12.6. The number of Topliss-reactive ketones (excluding diaryl/α,β-unsaturated/α-hetero) is 2. The monoisotopic (exact) mass is 297 g/mol. The smallest absolute Gasteiger partial charge is 0.161 e. The number of aryl methyl sites for hydroxylation is 1. The van der Waals surface area contributed by atoms with Crippen molar-refractivity contribution < 1.29 is 9.59 Å². The minimum Gasteiger partial charge on any atom is -0.362 e. The number of hydrogen-bond acceptors (Lipinski definition) is 4. The molecule has 3 aliphatic rings. The zero-order valence-electron chi connectivity index (χ0n) is 12.7. The fourth-order valence-electron chi connectivity index (χ4n) is 3.90. The van der Waals surface area contributed by atoms with Crippen molar-refractivity contribution in [2.45, 2.75) is 44.4 Å². The van der Waals surface area contributed by atoms with E-state index in [0.717, 1.165) is 54.0 Å². The van der Waals surface area contributed by atoms with Gasteiger partial charge in [0.1, 0.15) is 5.82 Å². The van der Waals surface area contributed by atoms with Crippen LogP contribution in [-0.4, -0.2) is 21.1 Å². The van der Waals surface area contributed by atoms with Gasteiger partial charge in [-0.2, -0.15) is 0 Å². The molecule has 1 aliphatic heterocycles. The lowest BCUT2D eigenvalue weighted by atomic mass is 9.74. The van der Waals surface area contributed by atoms with Crippen LogP contribution in [0.2, 0.25) is 0 Å². The van der Waals surface area contributed by atoms with Crippen LogP contribution in [0.3, 0.4) is 0 Å². The summed E-state index contributed by atoms with van der Waals surface area (Å²) in [6, 6.07) is 0. The minimum atomic E-state index is -0.285. The molecule has 2 heterocycles. The van der Waals surface area contributed by atoms with Crippen LogP contribution in [0.15, 0.2) is 34.9 Å². The van der Waals surface area contributed by atoms with Crippen LogP contribution in [0.1, 0.15) is 50.3 Å². The predicted molar refractivity (Wildman–Crippen MR) is 80.9 cm³/mol. The maximum Gasteiger partial charge on any atom is 0.161 e. The highest BCUT2D eigenvalue weighted by Gasteiger charge is 2.41. The number of aromatic nitrogens is 2. The van der Waals surface area contributed by atoms with Crippen LogP contribution in [-0.2, 0) is 16.6 Å². The molecule has 0 spiro atoms. The Labute approximate surface area is 129 Å². The summed E-state index contributed by atoms with van der Waals surface area (Å²) in [6.07, 6.45) is 8.27. The van der Waals surface area contributed by atoms with Gasteiger partial charge in [-0.05, 0) is 25.7 Å². The molecular weight excluding hydrogens is 278 g/mol. The average Bonchev–Trinajstić information content (AvgIpc) is 2.92. The second kappa shape index (κ2) is 4.93. The van der Waals surface area contributed by atoms with E-state index in [1.165, 1.54) is 0 Å². The molecule has 114 valence electrons. The Morgan fingerprint density at radius 3 is 2.14 bits per heavy atom. The molecule has 0 fully saturated rings. The van der Waals surface area contributed by atoms with Crippen molar-refractivity contribution in [1.82, 2.24) is 14.9 Å². The molecule has 1 aromatic heterocycles. The summed E-state index contributed by atoms with van der Waals surface area (Å²) >= 11 is 0. The number of dihydropyridines is 1. The fourth-order valence-corrected chi connectivity index (χ4v) is 3.90. The van der Waals surface area contributed by atoms with Crippen LogP contribution in [0.25, 0.3) is 0 Å². The summed E-state index contributed by atoms with van der Waals surface area (Å²) in [5, 5.41) is 3.41. The Kier molecular flexibility index (Phi) is 3.03. The molecule has 0 saturated carbocycles. The molecular formula is C17H19N3O2. The van der Waals surface area contributed by atoms with Crippen LogP contribution >= 0.6 is 0 Å². The Hall–Kier alpha value is -2.17. The SMILES string of the molecule is Cn1ccnc1C1C2=C(CCCC2=O)NC2=C1C(=O)CCC2. The lowest BCUT2D eigenvalue weighted by molar-refractivity contribution is -0.117. The van der Waals surface area contributed by atoms with Crippen LogP contribution in [0.4, 0.5) is 0 Å². The van der Waals surface area contributed by atoms with Crippen molar-refractivity contribution >= 4 is 11.6 Å². The molecule has 5 heteroatoms. The highest BCUT2D eigenvalue weighted by molar-refractivity contribution is 6.06. The molecule has 0 saturated heterocycles. The maximum absolute atomic E-state index is 12.6. The first kappa shape index (κ1) is 13.5. The van der Waals surface area contributed by atoms with Gasteiger partial charge in [-0.25, -0.2) is 4.98 Å². The number of nitrogens with one attached hydrogen (secondary N) is 1. The number of carbonyl (C=O) groups is 2. The predicted octanol–water partition coefficient (Wildman–Crippen LogP) is 2.12. The second-order valence-corrected chi connectivity index (χ2v) is 6.29. The Morgan fingerprint density at radius 2 is 1.64 bits per heavy atom. The third-order valence-electron chi connectivity index (χ3n) is 4.91. The summed E-state index contributed by atoms with van der Waals surface area (Å²) in [7, 11) is 1.92. The second-order valence-electron chi connectivity index (χ2n) is 6.29. The fraction of sp³-hybridized carbons (Fsp3) is 0.471. The van der Waals surface area contributed by atoms with E-state index in [2.05, 4.69) is 10.3 Å². The normalized spacial score (nSPS) is 22.6. The number of hydrogen-bond donors (Lipinski definition) is 1. The van der Waals surface area contributed by atoms with Crippen molar-refractivity contribution in [3.05, 3.63) is 40.8 Å². The van der Waals surface area contributed by atoms with Crippen molar-refractivity contribution in [3.63, 3.8) is 0 Å². The molecule has 1 aromatic rings. The zero-order chi connectivity index (χ0) is 15.3. The summed E-state index contributed by atoms with van der Waals surface area (Å²) in [6.45, 7) is 0. The van der Waals surface area contributed by atoms with E-state index in [0.29, 0.717) is 12.8 Å². The standard InChI is InChI=1S/C17H19N3O2/c1-20-9-8-18-17(20)16-14-10(4-2-6-12(14)21)19-11-5-3-7-13(22)15(11)16/h8-9,16,19H,2-7H2,1H3. The molecule has 0 bridgehead atoms. The summed E-state index contributed by atoms with van der Waals surface area (Å²) in [5.41, 5.74) is 3.57. The molecule has 22 heavy (non-hydrogen) atoms. The van der Waals surface area contributed by atoms with Crippen molar-refractivity contribution in [3.8, 4) is 0 Å². The van der Waals surface area contributed by atoms with Gasteiger partial charge >= 0.3 is 0 Å². The molecule has 0 atom stereocenters. The van der Waals surface area contributed by atoms with E-state index in [1.54, 1.807) is 6.20 Å². The average molecular weight is 297 g/mol. The summed E-state index contributed by atoms with van der Waals surface area (Å²) in [5.74, 6) is 0.831. The van der Waals surface area contributed by atoms with Gasteiger partial charge in [0.15, 0.2) is 11.6 Å². The molecule has 0 radical (unpaired) electrons. The lowest BCUT2D eigenvalue weighted by Gasteiger charge is -2.36. The van der Waals surface area contributed by atoms with E-state index in [-0.39, 0.29) is 17.5 Å². The molecule has 1 N–H and O–H groups in total. The van der Waals surface area contributed by atoms with Gasteiger partial charge in [0, 0.05) is 54.8 Å². The Bertz CT molecular complexity index is 697. The largest absolute Gasteiger partial charge is 0.362 e. The van der Waals surface area contributed by atoms with Crippen molar-refractivity contribution in [2.75, 3.05) is 0 Å². The Morgan fingerprint density at radius 1 is 1.05 bits per heavy atom. The number of allylic oxidation sites excluding steroid dienone is 4. The van der Waals surface area contributed by atoms with E-state index in [1.807, 2.05) is 17.8 Å². The number of rotatable bonds is 1. The van der Waals surface area contributed by atoms with Gasteiger partial charge in [-0.3, -0.25) is 9.59 Å². The van der Waals surface area contributed by atoms with Gasteiger partial charge in [-0.1, -0.05) is 0 Å². The van der Waals surface area contributed by atoms with Gasteiger partial charge < -0.3 is 9.88 Å². The first-order chi connectivity index (χ1) is 10.7. The van der Waals surface area contributed by atoms with Crippen LogP contribution < -0.4 is 5.32 Å². The van der Waals surface area contributed by atoms with E-state index >= 15 is 0 Å². The van der Waals surface area contributed by atoms with Gasteiger partial charge in [-0.15, -0.1) is 0 Å². The number of imidazole rings is 1. The number of nitrogens with zero attached hydrogens (tertiary/aromatic N) is 2. The number of ketones is 2. The van der Waals surface area contributed by atoms with Crippen molar-refractivity contribution in [2.24, 2.45) is 7.05 Å². The summed E-state index contributed by atoms with van der Waals surface area (Å²) < 4.78 is 1.93. The highest BCUT2D eigenvalue weighted by Crippen LogP contribution is 2.44. The molecule has 0 unspecified atom stereocenters. The van der Waals surface area contributed by atoms with Crippen LogP contribution in [0, 0.1) is 0 Å². The Balaban J connectivity index is 1.93. The van der Waals surface area contributed by atoms with E-state index in [9.17, 15) is 9.59 Å². The first-order valence-corrected chi connectivity index (χ1v) is 7.93. The third-order valence-corrected chi connectivity index (χ3v) is 4.91. The highest BCUT2D eigenvalue weighted by atomic mass is 16.1. The number of carbonyl (C=O) groups excluding carboxylic acids is 2. The van der Waals surface area contributed by atoms with E-state index < -0.39 is 0 Å². The van der Waals surface area contributed by atoms with Crippen LogP contribution in [0.5, 0.6) is 0 Å². The third kappa shape index (κ3) is 1.88. The topological polar surface area (TPSA) is 64.0 Å². The van der Waals surface area contributed by atoms with Gasteiger partial charge in [0.05, 0.1) is 5.92 Å². The molecule has 4 rings (SSSR count). The minimum absolute atomic E-state index is 0.159. The van der Waals surface area contributed by atoms with Crippen molar-refractivity contribution in [1.29, 1.82) is 0 Å². The lowest BCUT2D eigenvalue weighted by Crippen LogP contribution is -2.37. The first-order valence-electron chi connectivity index (χ1n) is 7.93. The van der Waals surface area contributed by atoms with Gasteiger partial charge in [0.2, 0.25) is 0 Å².